The molecule has 2 atom stereocenters. The molecule has 2 aliphatic rings. The van der Waals surface area contributed by atoms with E-state index >= 15 is 0 Å². The van der Waals surface area contributed by atoms with E-state index in [1.165, 1.54) is 51.1 Å². The Morgan fingerprint density at radius 2 is 1.82 bits per heavy atom. The fourth-order valence-electron chi connectivity index (χ4n) is 3.68. The average molecular weight is 457 g/mol. The molecule has 0 unspecified atom stereocenters. The van der Waals surface area contributed by atoms with E-state index in [2.05, 4.69) is 5.32 Å². The van der Waals surface area contributed by atoms with Gasteiger partial charge >= 0.3 is 17.9 Å². The number of carbonyl (C=O) groups excluding carboxylic acids is 5. The number of hydrogen-bond acceptors (Lipinski definition) is 9. The van der Waals surface area contributed by atoms with Crippen LogP contribution in [-0.2, 0) is 28.7 Å². The first-order chi connectivity index (χ1) is 15.6. The van der Waals surface area contributed by atoms with Crippen molar-refractivity contribution in [2.24, 2.45) is 0 Å². The smallest absolute Gasteiger partial charge is 0.308 e. The van der Waals surface area contributed by atoms with E-state index < -0.39 is 41.3 Å². The van der Waals surface area contributed by atoms with Gasteiger partial charge in [0, 0.05) is 20.8 Å². The summed E-state index contributed by atoms with van der Waals surface area (Å²) in [5.74, 6) is -3.25. The molecule has 0 saturated heterocycles. The molecule has 1 heterocycles. The Morgan fingerprint density at radius 3 is 2.45 bits per heavy atom. The Kier molecular flexibility index (Phi) is 6.66. The van der Waals surface area contributed by atoms with Crippen LogP contribution < -0.4 is 14.8 Å². The van der Waals surface area contributed by atoms with E-state index in [1.807, 2.05) is 0 Å². The molecule has 33 heavy (non-hydrogen) atoms. The SMILES string of the molecule is CC(=O)OCCNC(=O)[C@]12Oc3cc(C)cc(OC(C)=O)c3C(=O)C1=CC=C[C@H]2OC(C)=O. The maximum atomic E-state index is 13.6. The molecule has 1 aliphatic carbocycles. The maximum Gasteiger partial charge on any atom is 0.308 e. The Morgan fingerprint density at radius 1 is 1.09 bits per heavy atom. The predicted octanol–water partition coefficient (Wildman–Crippen LogP) is 1.34. The molecule has 1 aliphatic heterocycles. The standard InChI is InChI=1S/C23H23NO9/c1-12-10-17(31-14(3)26)20-18(11-12)33-23(22(29)24-8-9-30-13(2)25)16(21(20)28)6-5-7-19(23)32-15(4)27/h5-7,10-11,19H,8-9H2,1-4H3,(H,24,29)/t19-,23+/m1/s1. The highest BCUT2D eigenvalue weighted by Gasteiger charge is 2.59. The number of rotatable bonds is 6. The van der Waals surface area contributed by atoms with Gasteiger partial charge in [-0.05, 0) is 30.7 Å². The second kappa shape index (κ2) is 9.27. The molecule has 0 aromatic heterocycles. The molecule has 1 aromatic carbocycles. The van der Waals surface area contributed by atoms with Crippen LogP contribution in [-0.4, -0.2) is 54.5 Å². The summed E-state index contributed by atoms with van der Waals surface area (Å²) >= 11 is 0. The van der Waals surface area contributed by atoms with Gasteiger partial charge in [-0.2, -0.15) is 0 Å². The number of ketones is 1. The summed E-state index contributed by atoms with van der Waals surface area (Å²) in [6.07, 6.45) is 3.02. The number of Topliss-reactive ketones (excluding diaryl/α,β-unsaturated/α-hetero) is 1. The van der Waals surface area contributed by atoms with Crippen LogP contribution in [0.1, 0.15) is 36.7 Å². The van der Waals surface area contributed by atoms with Gasteiger partial charge in [0.1, 0.15) is 23.7 Å². The summed E-state index contributed by atoms with van der Waals surface area (Å²) in [7, 11) is 0. The van der Waals surface area contributed by atoms with Crippen LogP contribution in [0, 0.1) is 6.92 Å². The molecule has 174 valence electrons. The molecule has 0 saturated carbocycles. The lowest BCUT2D eigenvalue weighted by atomic mass is 9.76. The molecule has 0 radical (unpaired) electrons. The average Bonchev–Trinajstić information content (AvgIpc) is 2.70. The number of fused-ring (bicyclic) bond motifs is 2. The highest BCUT2D eigenvalue weighted by atomic mass is 16.6. The van der Waals surface area contributed by atoms with Crippen LogP contribution in [0.5, 0.6) is 11.5 Å². The minimum absolute atomic E-state index is 0.00371. The minimum atomic E-state index is -2.04. The Balaban J connectivity index is 2.10. The van der Waals surface area contributed by atoms with E-state index in [-0.39, 0.29) is 35.8 Å². The third-order valence-corrected chi connectivity index (χ3v) is 4.88. The van der Waals surface area contributed by atoms with Gasteiger partial charge in [-0.1, -0.05) is 12.2 Å². The molecule has 3 rings (SSSR count). The van der Waals surface area contributed by atoms with Crippen molar-refractivity contribution in [2.75, 3.05) is 13.2 Å². The van der Waals surface area contributed by atoms with Crippen molar-refractivity contribution < 1.29 is 42.9 Å². The van der Waals surface area contributed by atoms with Gasteiger partial charge in [0.05, 0.1) is 12.1 Å². The zero-order valence-corrected chi connectivity index (χ0v) is 18.6. The number of allylic oxidation sites excluding steroid dienone is 2. The minimum Gasteiger partial charge on any atom is -0.467 e. The Bertz CT molecular complexity index is 1100. The summed E-state index contributed by atoms with van der Waals surface area (Å²) < 4.78 is 21.5. The van der Waals surface area contributed by atoms with Gasteiger partial charge in [0.25, 0.3) is 11.5 Å². The lowest BCUT2D eigenvalue weighted by Gasteiger charge is -2.43. The molecule has 10 heteroatoms. The van der Waals surface area contributed by atoms with Crippen molar-refractivity contribution in [3.8, 4) is 11.5 Å². The van der Waals surface area contributed by atoms with Gasteiger partial charge in [0.15, 0.2) is 6.10 Å². The van der Waals surface area contributed by atoms with Crippen LogP contribution >= 0.6 is 0 Å². The number of benzene rings is 1. The first-order valence-electron chi connectivity index (χ1n) is 10.1. The number of aryl methyl sites for hydroxylation is 1. The summed E-state index contributed by atoms with van der Waals surface area (Å²) in [4.78, 5) is 61.3. The van der Waals surface area contributed by atoms with E-state index in [0.29, 0.717) is 5.56 Å². The molecule has 1 N–H and O–H groups in total. The first-order valence-corrected chi connectivity index (χ1v) is 10.1. The number of carbonyl (C=O) groups is 5. The molecule has 0 spiro atoms. The number of ether oxygens (including phenoxy) is 4. The van der Waals surface area contributed by atoms with Crippen LogP contribution in [0.4, 0.5) is 0 Å². The summed E-state index contributed by atoms with van der Waals surface area (Å²) in [5, 5.41) is 2.57. The highest BCUT2D eigenvalue weighted by molar-refractivity contribution is 6.19. The Hall–Kier alpha value is -3.95. The molecule has 0 fully saturated rings. The lowest BCUT2D eigenvalue weighted by molar-refractivity contribution is -0.159. The zero-order chi connectivity index (χ0) is 24.3. The van der Waals surface area contributed by atoms with Crippen LogP contribution in [0.25, 0.3) is 0 Å². The fraction of sp³-hybridized carbons (Fsp3) is 0.348. The van der Waals surface area contributed by atoms with E-state index in [0.717, 1.165) is 0 Å². The van der Waals surface area contributed by atoms with Gasteiger partial charge < -0.3 is 24.3 Å². The first kappa shape index (κ1) is 23.7. The van der Waals surface area contributed by atoms with Crippen molar-refractivity contribution in [3.63, 3.8) is 0 Å². The van der Waals surface area contributed by atoms with E-state index in [4.69, 9.17) is 18.9 Å². The zero-order valence-electron chi connectivity index (χ0n) is 18.6. The van der Waals surface area contributed by atoms with Crippen molar-refractivity contribution in [1.29, 1.82) is 0 Å². The second-order valence-corrected chi connectivity index (χ2v) is 7.49. The molecule has 10 nitrogen and oxygen atoms in total. The maximum absolute atomic E-state index is 13.6. The Labute approximate surface area is 189 Å². The van der Waals surface area contributed by atoms with Crippen LogP contribution in [0.15, 0.2) is 35.9 Å². The lowest BCUT2D eigenvalue weighted by Crippen LogP contribution is -2.64. The summed E-state index contributed by atoms with van der Waals surface area (Å²) in [6.45, 7) is 5.11. The van der Waals surface area contributed by atoms with Gasteiger partial charge in [-0.3, -0.25) is 24.0 Å². The fourth-order valence-corrected chi connectivity index (χ4v) is 3.68. The molecular weight excluding hydrogens is 434 g/mol. The second-order valence-electron chi connectivity index (χ2n) is 7.49. The number of amides is 1. The summed E-state index contributed by atoms with van der Waals surface area (Å²) in [6, 6.07) is 3.03. The monoisotopic (exact) mass is 457 g/mol. The van der Waals surface area contributed by atoms with Gasteiger partial charge in [-0.25, -0.2) is 0 Å². The molecular formula is C23H23NO9. The van der Waals surface area contributed by atoms with Crippen LogP contribution in [0.3, 0.4) is 0 Å². The predicted molar refractivity (Wildman–Crippen MR) is 113 cm³/mol. The van der Waals surface area contributed by atoms with Gasteiger partial charge in [-0.15, -0.1) is 0 Å². The van der Waals surface area contributed by atoms with Crippen molar-refractivity contribution in [3.05, 3.63) is 47.1 Å². The van der Waals surface area contributed by atoms with E-state index in [9.17, 15) is 24.0 Å². The largest absolute Gasteiger partial charge is 0.467 e. The highest BCUT2D eigenvalue weighted by Crippen LogP contribution is 2.45. The number of hydrogen-bond donors (Lipinski definition) is 1. The van der Waals surface area contributed by atoms with Crippen molar-refractivity contribution in [2.45, 2.75) is 39.4 Å². The third kappa shape index (κ3) is 4.64. The number of nitrogens with one attached hydrogen (secondary N) is 1. The van der Waals surface area contributed by atoms with Crippen LogP contribution in [0.2, 0.25) is 0 Å². The molecule has 0 bridgehead atoms. The quantitative estimate of drug-likeness (QED) is 0.381. The van der Waals surface area contributed by atoms with Gasteiger partial charge in [0.2, 0.25) is 5.78 Å². The topological polar surface area (TPSA) is 134 Å². The molecule has 1 aromatic rings. The number of esters is 3. The van der Waals surface area contributed by atoms with E-state index in [1.54, 1.807) is 6.92 Å². The van der Waals surface area contributed by atoms with Crippen molar-refractivity contribution in [1.82, 2.24) is 5.32 Å². The van der Waals surface area contributed by atoms with Crippen molar-refractivity contribution >= 4 is 29.6 Å². The normalized spacial score (nSPS) is 20.4. The molecule has 1 amide bonds. The third-order valence-electron chi connectivity index (χ3n) is 4.88. The summed E-state index contributed by atoms with van der Waals surface area (Å²) in [5.41, 5.74) is -1.57.